The smallest absolute Gasteiger partial charge is 0.251 e. The molecule has 0 spiro atoms. The van der Waals surface area contributed by atoms with Gasteiger partial charge in [0.2, 0.25) is 0 Å². The molecule has 0 fully saturated rings. The Morgan fingerprint density at radius 1 is 1.09 bits per heavy atom. The van der Waals surface area contributed by atoms with Crippen LogP contribution < -0.4 is 10.6 Å². The van der Waals surface area contributed by atoms with Crippen LogP contribution in [-0.2, 0) is 6.42 Å². The van der Waals surface area contributed by atoms with Crippen LogP contribution in [0.4, 0.5) is 5.82 Å². The van der Waals surface area contributed by atoms with Gasteiger partial charge in [0.25, 0.3) is 5.91 Å². The summed E-state index contributed by atoms with van der Waals surface area (Å²) in [7, 11) is 0. The lowest BCUT2D eigenvalue weighted by Crippen LogP contribution is -2.25. The average molecular weight is 311 g/mol. The third kappa shape index (κ3) is 6.10. The van der Waals surface area contributed by atoms with E-state index in [1.165, 1.54) is 18.4 Å². The molecule has 0 unspecified atom stereocenters. The SMILES string of the molecule is CCCCCNc1cc(C(=O)NCCc2ccccc2)ccn1. The van der Waals surface area contributed by atoms with E-state index in [0.29, 0.717) is 12.1 Å². The van der Waals surface area contributed by atoms with Crippen LogP contribution in [0.25, 0.3) is 0 Å². The van der Waals surface area contributed by atoms with Gasteiger partial charge in [0.15, 0.2) is 0 Å². The van der Waals surface area contributed by atoms with E-state index in [1.54, 1.807) is 12.3 Å². The number of unbranched alkanes of at least 4 members (excludes halogenated alkanes) is 2. The van der Waals surface area contributed by atoms with E-state index in [4.69, 9.17) is 0 Å². The Kier molecular flexibility index (Phi) is 7.11. The summed E-state index contributed by atoms with van der Waals surface area (Å²) in [6.45, 7) is 3.70. The van der Waals surface area contributed by atoms with Crippen LogP contribution in [0.5, 0.6) is 0 Å². The molecule has 0 aliphatic rings. The molecule has 0 radical (unpaired) electrons. The molecule has 0 saturated heterocycles. The van der Waals surface area contributed by atoms with Gasteiger partial charge in [0, 0.05) is 24.8 Å². The fourth-order valence-electron chi connectivity index (χ4n) is 2.33. The summed E-state index contributed by atoms with van der Waals surface area (Å²) < 4.78 is 0. The van der Waals surface area contributed by atoms with Gasteiger partial charge in [-0.05, 0) is 30.5 Å². The number of pyridine rings is 1. The number of benzene rings is 1. The zero-order valence-corrected chi connectivity index (χ0v) is 13.7. The molecule has 1 aromatic heterocycles. The molecule has 0 bridgehead atoms. The molecule has 0 aliphatic carbocycles. The first kappa shape index (κ1) is 17.0. The van der Waals surface area contributed by atoms with Crippen LogP contribution >= 0.6 is 0 Å². The van der Waals surface area contributed by atoms with Gasteiger partial charge in [0.1, 0.15) is 5.82 Å². The predicted molar refractivity (Wildman–Crippen MR) is 94.7 cm³/mol. The van der Waals surface area contributed by atoms with Crippen LogP contribution in [0.2, 0.25) is 0 Å². The molecular formula is C19H25N3O. The number of amides is 1. The number of carbonyl (C=O) groups is 1. The third-order valence-corrected chi connectivity index (χ3v) is 3.65. The summed E-state index contributed by atoms with van der Waals surface area (Å²) in [5.74, 6) is 0.705. The summed E-state index contributed by atoms with van der Waals surface area (Å²) in [5.41, 5.74) is 1.87. The minimum atomic E-state index is -0.0556. The van der Waals surface area contributed by atoms with Crippen molar-refractivity contribution < 1.29 is 4.79 Å². The summed E-state index contributed by atoms with van der Waals surface area (Å²) in [6, 6.07) is 13.7. The fourth-order valence-corrected chi connectivity index (χ4v) is 2.33. The Morgan fingerprint density at radius 3 is 2.70 bits per heavy atom. The lowest BCUT2D eigenvalue weighted by atomic mass is 10.1. The highest BCUT2D eigenvalue weighted by Gasteiger charge is 2.06. The van der Waals surface area contributed by atoms with E-state index in [0.717, 1.165) is 25.2 Å². The molecule has 23 heavy (non-hydrogen) atoms. The largest absolute Gasteiger partial charge is 0.370 e. The van der Waals surface area contributed by atoms with Crippen molar-refractivity contribution in [1.29, 1.82) is 0 Å². The van der Waals surface area contributed by atoms with E-state index in [2.05, 4.69) is 34.7 Å². The molecule has 1 amide bonds. The minimum absolute atomic E-state index is 0.0556. The van der Waals surface area contributed by atoms with Crippen molar-refractivity contribution in [3.8, 4) is 0 Å². The molecule has 2 aromatic rings. The lowest BCUT2D eigenvalue weighted by molar-refractivity contribution is 0.0954. The summed E-state index contributed by atoms with van der Waals surface area (Å²) in [6.07, 6.45) is 6.02. The summed E-state index contributed by atoms with van der Waals surface area (Å²) in [5, 5.41) is 6.22. The number of anilines is 1. The van der Waals surface area contributed by atoms with Crippen LogP contribution in [0.1, 0.15) is 42.1 Å². The van der Waals surface area contributed by atoms with E-state index in [-0.39, 0.29) is 5.91 Å². The highest BCUT2D eigenvalue weighted by Crippen LogP contribution is 2.07. The molecule has 1 aromatic carbocycles. The van der Waals surface area contributed by atoms with Gasteiger partial charge >= 0.3 is 0 Å². The van der Waals surface area contributed by atoms with Crippen molar-refractivity contribution in [3.05, 3.63) is 59.8 Å². The lowest BCUT2D eigenvalue weighted by Gasteiger charge is -2.08. The van der Waals surface area contributed by atoms with Crippen molar-refractivity contribution >= 4 is 11.7 Å². The molecule has 0 saturated carbocycles. The number of nitrogens with one attached hydrogen (secondary N) is 2. The van der Waals surface area contributed by atoms with Crippen LogP contribution in [0.15, 0.2) is 48.7 Å². The van der Waals surface area contributed by atoms with Crippen molar-refractivity contribution in [2.24, 2.45) is 0 Å². The molecular weight excluding hydrogens is 286 g/mol. The van der Waals surface area contributed by atoms with Gasteiger partial charge in [-0.15, -0.1) is 0 Å². The first-order valence-corrected chi connectivity index (χ1v) is 8.31. The quantitative estimate of drug-likeness (QED) is 0.695. The first-order chi connectivity index (χ1) is 11.3. The van der Waals surface area contributed by atoms with Crippen molar-refractivity contribution in [2.75, 3.05) is 18.4 Å². The third-order valence-electron chi connectivity index (χ3n) is 3.65. The standard InChI is InChI=1S/C19H25N3O/c1-2-3-7-12-20-18-15-17(11-14-21-18)19(23)22-13-10-16-8-5-4-6-9-16/h4-6,8-9,11,14-15H,2-3,7,10,12-13H2,1H3,(H,20,21)(H,22,23). The number of hydrogen-bond acceptors (Lipinski definition) is 3. The van der Waals surface area contributed by atoms with Gasteiger partial charge < -0.3 is 10.6 Å². The highest BCUT2D eigenvalue weighted by atomic mass is 16.1. The molecule has 2 rings (SSSR count). The minimum Gasteiger partial charge on any atom is -0.370 e. The fraction of sp³-hybridized carbons (Fsp3) is 0.368. The first-order valence-electron chi connectivity index (χ1n) is 8.31. The molecule has 1 heterocycles. The van der Waals surface area contributed by atoms with Gasteiger partial charge in [-0.2, -0.15) is 0 Å². The molecule has 4 nitrogen and oxygen atoms in total. The Labute approximate surface area is 138 Å². The number of rotatable bonds is 9. The maximum absolute atomic E-state index is 12.2. The highest BCUT2D eigenvalue weighted by molar-refractivity contribution is 5.94. The zero-order valence-electron chi connectivity index (χ0n) is 13.7. The summed E-state index contributed by atoms with van der Waals surface area (Å²) in [4.78, 5) is 16.5. The second-order valence-corrected chi connectivity index (χ2v) is 5.56. The van der Waals surface area contributed by atoms with E-state index >= 15 is 0 Å². The van der Waals surface area contributed by atoms with Crippen LogP contribution in [-0.4, -0.2) is 24.0 Å². The topological polar surface area (TPSA) is 54.0 Å². The Morgan fingerprint density at radius 2 is 1.91 bits per heavy atom. The van der Waals surface area contributed by atoms with Gasteiger partial charge in [-0.1, -0.05) is 50.1 Å². The normalized spacial score (nSPS) is 10.3. The van der Waals surface area contributed by atoms with E-state index < -0.39 is 0 Å². The second kappa shape index (κ2) is 9.62. The predicted octanol–water partition coefficient (Wildman–Crippen LogP) is 3.66. The molecule has 0 atom stereocenters. The van der Waals surface area contributed by atoms with Gasteiger partial charge in [-0.25, -0.2) is 4.98 Å². The van der Waals surface area contributed by atoms with Gasteiger partial charge in [-0.3, -0.25) is 4.79 Å². The number of hydrogen-bond donors (Lipinski definition) is 2. The molecule has 2 N–H and O–H groups in total. The van der Waals surface area contributed by atoms with Crippen molar-refractivity contribution in [3.63, 3.8) is 0 Å². The summed E-state index contributed by atoms with van der Waals surface area (Å²) >= 11 is 0. The van der Waals surface area contributed by atoms with Crippen LogP contribution in [0, 0.1) is 0 Å². The van der Waals surface area contributed by atoms with Crippen molar-refractivity contribution in [2.45, 2.75) is 32.6 Å². The number of aromatic nitrogens is 1. The van der Waals surface area contributed by atoms with Gasteiger partial charge in [0.05, 0.1) is 0 Å². The maximum atomic E-state index is 12.2. The monoisotopic (exact) mass is 311 g/mol. The Bertz CT molecular complexity index is 599. The van der Waals surface area contributed by atoms with Crippen molar-refractivity contribution in [1.82, 2.24) is 10.3 Å². The zero-order chi connectivity index (χ0) is 16.3. The van der Waals surface area contributed by atoms with E-state index in [9.17, 15) is 4.79 Å². The average Bonchev–Trinajstić information content (AvgIpc) is 2.60. The molecule has 4 heteroatoms. The second-order valence-electron chi connectivity index (χ2n) is 5.56. The number of carbonyl (C=O) groups excluding carboxylic acids is 1. The maximum Gasteiger partial charge on any atom is 0.251 e. The number of nitrogens with zero attached hydrogens (tertiary/aromatic N) is 1. The Balaban J connectivity index is 1.79. The van der Waals surface area contributed by atoms with Crippen LogP contribution in [0.3, 0.4) is 0 Å². The molecule has 122 valence electrons. The Hall–Kier alpha value is -2.36. The van der Waals surface area contributed by atoms with E-state index in [1.807, 2.05) is 24.3 Å². The molecule has 0 aliphatic heterocycles.